The zero-order valence-corrected chi connectivity index (χ0v) is 12.5. The number of anilines is 2. The molecular formula is C13H17ClN6O. The molecule has 8 heteroatoms. The van der Waals surface area contributed by atoms with Crippen LogP contribution in [-0.4, -0.2) is 52.6 Å². The van der Waals surface area contributed by atoms with Crippen LogP contribution in [0.2, 0.25) is 5.15 Å². The Morgan fingerprint density at radius 1 is 1.48 bits per heavy atom. The first-order valence-corrected chi connectivity index (χ1v) is 7.18. The van der Waals surface area contributed by atoms with Crippen molar-refractivity contribution in [2.24, 2.45) is 0 Å². The lowest BCUT2D eigenvalue weighted by molar-refractivity contribution is 0.0272. The van der Waals surface area contributed by atoms with Crippen molar-refractivity contribution in [3.63, 3.8) is 0 Å². The minimum atomic E-state index is 0.0668. The van der Waals surface area contributed by atoms with E-state index in [1.807, 2.05) is 24.0 Å². The molecule has 1 atom stereocenters. The van der Waals surface area contributed by atoms with Crippen LogP contribution in [0.25, 0.3) is 0 Å². The van der Waals surface area contributed by atoms with Crippen molar-refractivity contribution in [2.45, 2.75) is 12.6 Å². The smallest absolute Gasteiger partial charge is 0.157 e. The van der Waals surface area contributed by atoms with Crippen molar-refractivity contribution in [1.29, 1.82) is 0 Å². The van der Waals surface area contributed by atoms with Gasteiger partial charge in [0.1, 0.15) is 12.0 Å². The molecule has 2 aromatic rings. The lowest BCUT2D eigenvalue weighted by Gasteiger charge is -2.34. The van der Waals surface area contributed by atoms with Crippen LogP contribution in [0, 0.1) is 0 Å². The van der Waals surface area contributed by atoms with Gasteiger partial charge in [-0.05, 0) is 6.07 Å². The molecule has 0 aliphatic carbocycles. The van der Waals surface area contributed by atoms with Gasteiger partial charge in [0.05, 0.1) is 19.3 Å². The highest BCUT2D eigenvalue weighted by molar-refractivity contribution is 6.32. The lowest BCUT2D eigenvalue weighted by atomic mass is 10.2. The molecule has 1 aliphatic rings. The number of morpholine rings is 1. The fourth-order valence-electron chi connectivity index (χ4n) is 2.45. The zero-order valence-electron chi connectivity index (χ0n) is 11.7. The first-order chi connectivity index (χ1) is 10.3. The normalized spacial score (nSPS) is 18.8. The maximum atomic E-state index is 6.11. The molecule has 2 aromatic heterocycles. The van der Waals surface area contributed by atoms with Gasteiger partial charge in [-0.15, -0.1) is 0 Å². The van der Waals surface area contributed by atoms with Gasteiger partial charge in [0.25, 0.3) is 0 Å². The van der Waals surface area contributed by atoms with Crippen molar-refractivity contribution >= 4 is 23.1 Å². The van der Waals surface area contributed by atoms with Gasteiger partial charge in [-0.25, -0.2) is 9.97 Å². The molecule has 1 N–H and O–H groups in total. The van der Waals surface area contributed by atoms with Gasteiger partial charge in [0.15, 0.2) is 11.0 Å². The molecule has 3 rings (SSSR count). The summed E-state index contributed by atoms with van der Waals surface area (Å²) in [5, 5.41) is 7.71. The Hall–Kier alpha value is -1.86. The molecule has 112 valence electrons. The van der Waals surface area contributed by atoms with E-state index < -0.39 is 0 Å². The molecular weight excluding hydrogens is 292 g/mol. The highest BCUT2D eigenvalue weighted by atomic mass is 35.5. The Balaban J connectivity index is 1.75. The van der Waals surface area contributed by atoms with Crippen molar-refractivity contribution in [2.75, 3.05) is 37.0 Å². The number of nitrogens with zero attached hydrogens (tertiary/aromatic N) is 5. The van der Waals surface area contributed by atoms with E-state index in [0.29, 0.717) is 11.8 Å². The second-order valence-corrected chi connectivity index (χ2v) is 5.14. The number of ether oxygens (including phenoxy) is 1. The van der Waals surface area contributed by atoms with Crippen LogP contribution < -0.4 is 10.2 Å². The van der Waals surface area contributed by atoms with Crippen LogP contribution in [0.15, 0.2) is 24.8 Å². The zero-order chi connectivity index (χ0) is 14.7. The minimum absolute atomic E-state index is 0.0668. The Labute approximate surface area is 127 Å². The Morgan fingerprint density at radius 3 is 3.14 bits per heavy atom. The largest absolute Gasteiger partial charge is 0.383 e. The number of nitrogens with one attached hydrogen (secondary N) is 1. The summed E-state index contributed by atoms with van der Waals surface area (Å²) in [5.74, 6) is 0.811. The Morgan fingerprint density at radius 2 is 2.38 bits per heavy atom. The summed E-state index contributed by atoms with van der Waals surface area (Å²) in [6.45, 7) is 2.88. The standard InChI is InChI=1S/C13H17ClN6O/c1-15-11-12(14)16-9-17-13(11)19-5-6-21-10(7-19)8-20-4-2-3-18-20/h2-4,9-10,15H,5-8H2,1H3. The fourth-order valence-corrected chi connectivity index (χ4v) is 2.67. The molecule has 1 unspecified atom stereocenters. The van der Waals surface area contributed by atoms with Crippen molar-refractivity contribution < 1.29 is 4.74 Å². The summed E-state index contributed by atoms with van der Waals surface area (Å²) in [6, 6.07) is 1.91. The average molecular weight is 309 g/mol. The monoisotopic (exact) mass is 308 g/mol. The van der Waals surface area contributed by atoms with E-state index in [-0.39, 0.29) is 6.10 Å². The minimum Gasteiger partial charge on any atom is -0.383 e. The van der Waals surface area contributed by atoms with Gasteiger partial charge in [-0.3, -0.25) is 4.68 Å². The van der Waals surface area contributed by atoms with Crippen LogP contribution in [-0.2, 0) is 11.3 Å². The Bertz CT molecular complexity index is 590. The maximum Gasteiger partial charge on any atom is 0.157 e. The fraction of sp³-hybridized carbons (Fsp3) is 0.462. The van der Waals surface area contributed by atoms with E-state index in [1.165, 1.54) is 6.33 Å². The van der Waals surface area contributed by atoms with Crippen LogP contribution in [0.1, 0.15) is 0 Å². The van der Waals surface area contributed by atoms with Crippen molar-refractivity contribution in [3.8, 4) is 0 Å². The molecule has 0 spiro atoms. The van der Waals surface area contributed by atoms with Crippen LogP contribution in [0.3, 0.4) is 0 Å². The third kappa shape index (κ3) is 3.08. The topological polar surface area (TPSA) is 68.1 Å². The Kier molecular flexibility index (Phi) is 4.21. The molecule has 0 aromatic carbocycles. The number of rotatable bonds is 4. The van der Waals surface area contributed by atoms with Crippen LogP contribution in [0.5, 0.6) is 0 Å². The molecule has 1 aliphatic heterocycles. The molecule has 21 heavy (non-hydrogen) atoms. The van der Waals surface area contributed by atoms with Gasteiger partial charge in [-0.2, -0.15) is 5.10 Å². The summed E-state index contributed by atoms with van der Waals surface area (Å²) in [5.41, 5.74) is 0.749. The van der Waals surface area contributed by atoms with Gasteiger partial charge in [-0.1, -0.05) is 11.6 Å². The van der Waals surface area contributed by atoms with E-state index in [0.717, 1.165) is 31.1 Å². The van der Waals surface area contributed by atoms with Gasteiger partial charge in [0.2, 0.25) is 0 Å². The van der Waals surface area contributed by atoms with Crippen molar-refractivity contribution in [3.05, 3.63) is 29.9 Å². The number of hydrogen-bond donors (Lipinski definition) is 1. The SMILES string of the molecule is CNc1c(Cl)ncnc1N1CCOC(Cn2cccn2)C1. The molecule has 0 radical (unpaired) electrons. The molecule has 0 saturated carbocycles. The van der Waals surface area contributed by atoms with E-state index in [1.54, 1.807) is 6.20 Å². The molecule has 3 heterocycles. The molecule has 7 nitrogen and oxygen atoms in total. The first-order valence-electron chi connectivity index (χ1n) is 6.80. The second-order valence-electron chi connectivity index (χ2n) is 4.78. The van der Waals surface area contributed by atoms with Crippen LogP contribution in [0.4, 0.5) is 11.5 Å². The van der Waals surface area contributed by atoms with E-state index in [4.69, 9.17) is 16.3 Å². The van der Waals surface area contributed by atoms with E-state index >= 15 is 0 Å². The molecule has 1 fully saturated rings. The van der Waals surface area contributed by atoms with Crippen molar-refractivity contribution in [1.82, 2.24) is 19.7 Å². The first kappa shape index (κ1) is 14.1. The second kappa shape index (κ2) is 6.28. The predicted octanol–water partition coefficient (Wildman–Crippen LogP) is 1.27. The molecule has 0 amide bonds. The molecule has 0 bridgehead atoms. The van der Waals surface area contributed by atoms with Crippen LogP contribution >= 0.6 is 11.6 Å². The summed E-state index contributed by atoms with van der Waals surface area (Å²) < 4.78 is 7.68. The molecule has 1 saturated heterocycles. The van der Waals surface area contributed by atoms with E-state index in [2.05, 4.69) is 25.3 Å². The number of hydrogen-bond acceptors (Lipinski definition) is 6. The van der Waals surface area contributed by atoms with Gasteiger partial charge >= 0.3 is 0 Å². The highest BCUT2D eigenvalue weighted by Crippen LogP contribution is 2.29. The predicted molar refractivity (Wildman–Crippen MR) is 80.8 cm³/mol. The average Bonchev–Trinajstić information content (AvgIpc) is 3.00. The maximum absolute atomic E-state index is 6.11. The summed E-state index contributed by atoms with van der Waals surface area (Å²) in [4.78, 5) is 10.5. The van der Waals surface area contributed by atoms with Gasteiger partial charge in [0, 0.05) is 32.5 Å². The van der Waals surface area contributed by atoms with E-state index in [9.17, 15) is 0 Å². The highest BCUT2D eigenvalue weighted by Gasteiger charge is 2.24. The summed E-state index contributed by atoms with van der Waals surface area (Å²) >= 11 is 6.11. The third-order valence-electron chi connectivity index (χ3n) is 3.42. The summed E-state index contributed by atoms with van der Waals surface area (Å²) in [6.07, 6.45) is 5.25. The third-order valence-corrected chi connectivity index (χ3v) is 3.71. The lowest BCUT2D eigenvalue weighted by Crippen LogP contribution is -2.45. The number of aromatic nitrogens is 4. The van der Waals surface area contributed by atoms with Gasteiger partial charge < -0.3 is 15.0 Å². The quantitative estimate of drug-likeness (QED) is 0.858. The number of halogens is 1. The summed E-state index contributed by atoms with van der Waals surface area (Å²) in [7, 11) is 1.82.